The van der Waals surface area contributed by atoms with Gasteiger partial charge in [-0.25, -0.2) is 4.98 Å². The molecule has 0 fully saturated rings. The summed E-state index contributed by atoms with van der Waals surface area (Å²) in [6.07, 6.45) is -3.68. The summed E-state index contributed by atoms with van der Waals surface area (Å²) in [5.74, 6) is -0.277. The summed E-state index contributed by atoms with van der Waals surface area (Å²) in [4.78, 5) is 16.9. The highest BCUT2D eigenvalue weighted by molar-refractivity contribution is 6.31. The molecule has 0 aliphatic heterocycles. The molecule has 3 rings (SSSR count). The lowest BCUT2D eigenvalue weighted by Gasteiger charge is -2.13. The van der Waals surface area contributed by atoms with Crippen LogP contribution in [0, 0.1) is 13.8 Å². The van der Waals surface area contributed by atoms with Crippen LogP contribution in [0.5, 0.6) is 5.75 Å². The standard InChI is InChI=1S/C18H15ClF3N3O2/c1-9-6-13(14(27-3)7-12(9)19)24-17(26)16-10(2)23-15-5-4-11(8-25(15)16)18(20,21)22/h4-8H,1-3H3,(H,24,26). The number of halogens is 4. The smallest absolute Gasteiger partial charge is 0.417 e. The molecule has 1 aromatic carbocycles. The Balaban J connectivity index is 2.06. The zero-order valence-corrected chi connectivity index (χ0v) is 15.4. The van der Waals surface area contributed by atoms with Crippen molar-refractivity contribution in [3.63, 3.8) is 0 Å². The van der Waals surface area contributed by atoms with Crippen LogP contribution in [0.2, 0.25) is 5.02 Å². The van der Waals surface area contributed by atoms with Crippen molar-refractivity contribution in [2.75, 3.05) is 12.4 Å². The second kappa shape index (κ2) is 6.77. The lowest BCUT2D eigenvalue weighted by atomic mass is 10.2. The SMILES string of the molecule is COc1cc(Cl)c(C)cc1NC(=O)c1c(C)nc2ccc(C(F)(F)F)cn12. The normalized spacial score (nSPS) is 11.7. The number of fused-ring (bicyclic) bond motifs is 1. The van der Waals surface area contributed by atoms with Crippen molar-refractivity contribution in [3.05, 3.63) is 58.0 Å². The van der Waals surface area contributed by atoms with Gasteiger partial charge in [0.25, 0.3) is 5.91 Å². The number of amides is 1. The first-order valence-electron chi connectivity index (χ1n) is 7.83. The number of aryl methyl sites for hydroxylation is 2. The maximum Gasteiger partial charge on any atom is 0.417 e. The van der Waals surface area contributed by atoms with E-state index in [9.17, 15) is 18.0 Å². The lowest BCUT2D eigenvalue weighted by molar-refractivity contribution is -0.137. The summed E-state index contributed by atoms with van der Waals surface area (Å²) < 4.78 is 45.4. The first-order valence-corrected chi connectivity index (χ1v) is 8.21. The molecule has 2 aromatic heterocycles. The van der Waals surface area contributed by atoms with Crippen LogP contribution in [0.3, 0.4) is 0 Å². The molecule has 0 atom stereocenters. The highest BCUT2D eigenvalue weighted by atomic mass is 35.5. The van der Waals surface area contributed by atoms with E-state index in [1.54, 1.807) is 26.0 Å². The highest BCUT2D eigenvalue weighted by Gasteiger charge is 2.31. The predicted octanol–water partition coefficient (Wildman–Crippen LogP) is 4.88. The first kappa shape index (κ1) is 19.0. The molecule has 0 saturated heterocycles. The number of rotatable bonds is 3. The number of hydrogen-bond donors (Lipinski definition) is 1. The number of alkyl halides is 3. The minimum atomic E-state index is -4.53. The molecule has 1 amide bonds. The van der Waals surface area contributed by atoms with Gasteiger partial charge in [0, 0.05) is 17.3 Å². The topological polar surface area (TPSA) is 55.6 Å². The average molecular weight is 398 g/mol. The van der Waals surface area contributed by atoms with E-state index < -0.39 is 17.6 Å². The molecule has 9 heteroatoms. The van der Waals surface area contributed by atoms with Crippen LogP contribution in [0.4, 0.5) is 18.9 Å². The Morgan fingerprint density at radius 3 is 2.59 bits per heavy atom. The quantitative estimate of drug-likeness (QED) is 0.685. The summed E-state index contributed by atoms with van der Waals surface area (Å²) in [6, 6.07) is 5.32. The monoisotopic (exact) mass is 397 g/mol. The summed E-state index contributed by atoms with van der Waals surface area (Å²) in [5, 5.41) is 3.12. The Labute approximate surface area is 157 Å². The number of pyridine rings is 1. The Hall–Kier alpha value is -2.74. The number of nitrogens with one attached hydrogen (secondary N) is 1. The number of carbonyl (C=O) groups is 1. The minimum Gasteiger partial charge on any atom is -0.495 e. The largest absolute Gasteiger partial charge is 0.495 e. The number of aromatic nitrogens is 2. The molecule has 0 saturated carbocycles. The molecule has 5 nitrogen and oxygen atoms in total. The number of imidazole rings is 1. The molecule has 0 spiro atoms. The van der Waals surface area contributed by atoms with Gasteiger partial charge < -0.3 is 10.1 Å². The second-order valence-corrected chi connectivity index (χ2v) is 6.35. The maximum atomic E-state index is 13.0. The Bertz CT molecular complexity index is 1040. The predicted molar refractivity (Wildman–Crippen MR) is 95.6 cm³/mol. The van der Waals surface area contributed by atoms with Crippen molar-refractivity contribution in [2.24, 2.45) is 0 Å². The van der Waals surface area contributed by atoms with Crippen LogP contribution in [0.25, 0.3) is 5.65 Å². The number of hydrogen-bond acceptors (Lipinski definition) is 3. The number of anilines is 1. The van der Waals surface area contributed by atoms with Crippen LogP contribution in [0.15, 0.2) is 30.5 Å². The van der Waals surface area contributed by atoms with E-state index >= 15 is 0 Å². The van der Waals surface area contributed by atoms with Crippen molar-refractivity contribution >= 4 is 28.8 Å². The van der Waals surface area contributed by atoms with Crippen LogP contribution in [0.1, 0.15) is 27.3 Å². The van der Waals surface area contributed by atoms with Gasteiger partial charge in [0.15, 0.2) is 0 Å². The van der Waals surface area contributed by atoms with Crippen LogP contribution in [-0.4, -0.2) is 22.4 Å². The fourth-order valence-electron chi connectivity index (χ4n) is 2.71. The second-order valence-electron chi connectivity index (χ2n) is 5.95. The number of carbonyl (C=O) groups excluding carboxylic acids is 1. The molecule has 2 heterocycles. The number of methoxy groups -OCH3 is 1. The van der Waals surface area contributed by atoms with E-state index in [2.05, 4.69) is 10.3 Å². The van der Waals surface area contributed by atoms with Gasteiger partial charge in [0.2, 0.25) is 0 Å². The summed E-state index contributed by atoms with van der Waals surface area (Å²) in [6.45, 7) is 3.31. The van der Waals surface area contributed by atoms with Gasteiger partial charge in [0.05, 0.1) is 24.1 Å². The molecule has 0 aliphatic carbocycles. The molecule has 0 aliphatic rings. The third kappa shape index (κ3) is 3.57. The van der Waals surface area contributed by atoms with Gasteiger partial charge in [-0.3, -0.25) is 9.20 Å². The van der Waals surface area contributed by atoms with E-state index in [4.69, 9.17) is 16.3 Å². The van der Waals surface area contributed by atoms with Crippen LogP contribution < -0.4 is 10.1 Å². The molecule has 0 radical (unpaired) electrons. The van der Waals surface area contributed by atoms with Crippen LogP contribution >= 0.6 is 11.6 Å². The Morgan fingerprint density at radius 1 is 1.26 bits per heavy atom. The zero-order chi connectivity index (χ0) is 19.9. The van der Waals surface area contributed by atoms with Crippen LogP contribution in [-0.2, 0) is 6.18 Å². The zero-order valence-electron chi connectivity index (χ0n) is 14.6. The number of benzene rings is 1. The van der Waals surface area contributed by atoms with Gasteiger partial charge in [0.1, 0.15) is 17.1 Å². The summed E-state index contributed by atoms with van der Waals surface area (Å²) in [5.41, 5.74) is 0.737. The van der Waals surface area contributed by atoms with Gasteiger partial charge in [-0.1, -0.05) is 11.6 Å². The molecule has 142 valence electrons. The first-order chi connectivity index (χ1) is 12.6. The van der Waals surface area contributed by atoms with Crippen molar-refractivity contribution in [3.8, 4) is 5.75 Å². The van der Waals surface area contributed by atoms with Gasteiger partial charge in [-0.2, -0.15) is 13.2 Å². The summed E-state index contributed by atoms with van der Waals surface area (Å²) >= 11 is 6.05. The number of nitrogens with zero attached hydrogens (tertiary/aromatic N) is 2. The molecule has 1 N–H and O–H groups in total. The molecular weight excluding hydrogens is 383 g/mol. The van der Waals surface area contributed by atoms with Gasteiger partial charge in [-0.15, -0.1) is 0 Å². The summed E-state index contributed by atoms with van der Waals surface area (Å²) in [7, 11) is 1.42. The fourth-order valence-corrected chi connectivity index (χ4v) is 2.87. The fraction of sp³-hybridized carbons (Fsp3) is 0.222. The molecular formula is C18H15ClF3N3O2. The van der Waals surface area contributed by atoms with E-state index in [1.807, 2.05) is 0 Å². The van der Waals surface area contributed by atoms with E-state index in [0.717, 1.165) is 16.7 Å². The van der Waals surface area contributed by atoms with Crippen molar-refractivity contribution < 1.29 is 22.7 Å². The van der Waals surface area contributed by atoms with E-state index in [0.29, 0.717) is 27.7 Å². The third-order valence-electron chi connectivity index (χ3n) is 4.06. The Kier molecular flexibility index (Phi) is 4.77. The Morgan fingerprint density at radius 2 is 1.96 bits per heavy atom. The average Bonchev–Trinajstić information content (AvgIpc) is 2.92. The maximum absolute atomic E-state index is 13.0. The molecule has 27 heavy (non-hydrogen) atoms. The highest BCUT2D eigenvalue weighted by Crippen LogP contribution is 2.32. The lowest BCUT2D eigenvalue weighted by Crippen LogP contribution is -2.17. The minimum absolute atomic E-state index is 0.00533. The van der Waals surface area contributed by atoms with Crippen molar-refractivity contribution in [1.29, 1.82) is 0 Å². The van der Waals surface area contributed by atoms with Crippen molar-refractivity contribution in [1.82, 2.24) is 9.38 Å². The third-order valence-corrected chi connectivity index (χ3v) is 4.47. The molecule has 3 aromatic rings. The van der Waals surface area contributed by atoms with Gasteiger partial charge >= 0.3 is 6.18 Å². The van der Waals surface area contributed by atoms with E-state index in [1.165, 1.54) is 13.2 Å². The number of ether oxygens (including phenoxy) is 1. The van der Waals surface area contributed by atoms with Crippen molar-refractivity contribution in [2.45, 2.75) is 20.0 Å². The molecule has 0 bridgehead atoms. The van der Waals surface area contributed by atoms with E-state index in [-0.39, 0.29) is 11.3 Å². The van der Waals surface area contributed by atoms with Gasteiger partial charge in [-0.05, 0) is 37.6 Å². The molecule has 0 unspecified atom stereocenters.